The second-order valence-electron chi connectivity index (χ2n) is 4.13. The van der Waals surface area contributed by atoms with Crippen LogP contribution in [0.25, 0.3) is 0 Å². The van der Waals surface area contributed by atoms with Crippen molar-refractivity contribution in [3.05, 3.63) is 36.4 Å². The summed E-state index contributed by atoms with van der Waals surface area (Å²) in [6, 6.07) is 5.48. The number of aliphatic hydroxyl groups excluding tert-OH is 1. The topological polar surface area (TPSA) is 38.7 Å². The van der Waals surface area contributed by atoms with Crippen LogP contribution in [0.1, 0.15) is 31.2 Å². The number of benzene rings is 1. The van der Waals surface area contributed by atoms with Crippen molar-refractivity contribution < 1.29 is 14.6 Å². The first-order chi connectivity index (χ1) is 8.81. The van der Waals surface area contributed by atoms with E-state index in [9.17, 15) is 0 Å². The van der Waals surface area contributed by atoms with E-state index in [0.717, 1.165) is 37.0 Å². The number of ether oxygens (including phenoxy) is 2. The Balaban J connectivity index is 2.39. The Kier molecular flexibility index (Phi) is 6.96. The van der Waals surface area contributed by atoms with E-state index < -0.39 is 0 Å². The monoisotopic (exact) mass is 250 g/mol. The van der Waals surface area contributed by atoms with Gasteiger partial charge in [-0.25, -0.2) is 0 Å². The van der Waals surface area contributed by atoms with E-state index in [0.29, 0.717) is 12.4 Å². The molecule has 0 spiro atoms. The number of methoxy groups -OCH3 is 1. The maximum Gasteiger partial charge on any atom is 0.161 e. The van der Waals surface area contributed by atoms with Crippen LogP contribution in [0, 0.1) is 0 Å². The van der Waals surface area contributed by atoms with Crippen molar-refractivity contribution >= 4 is 0 Å². The van der Waals surface area contributed by atoms with Gasteiger partial charge < -0.3 is 14.6 Å². The van der Waals surface area contributed by atoms with Crippen LogP contribution in [-0.2, 0) is 6.61 Å². The van der Waals surface area contributed by atoms with Crippen molar-refractivity contribution in [2.45, 2.75) is 32.3 Å². The van der Waals surface area contributed by atoms with Crippen molar-refractivity contribution in [2.24, 2.45) is 0 Å². The molecule has 1 aromatic rings. The van der Waals surface area contributed by atoms with Crippen LogP contribution in [0.3, 0.4) is 0 Å². The summed E-state index contributed by atoms with van der Waals surface area (Å²) in [6.07, 6.45) is 6.33. The maximum absolute atomic E-state index is 9.04. The van der Waals surface area contributed by atoms with Gasteiger partial charge in [-0.1, -0.05) is 12.1 Å². The number of unbranched alkanes of at least 4 members (excludes halogenated alkanes) is 3. The molecule has 0 saturated heterocycles. The van der Waals surface area contributed by atoms with Crippen molar-refractivity contribution in [1.29, 1.82) is 0 Å². The number of allylic oxidation sites excluding steroid dienone is 1. The zero-order chi connectivity index (χ0) is 13.2. The minimum absolute atomic E-state index is 0.0121. The van der Waals surface area contributed by atoms with Crippen LogP contribution in [0.15, 0.2) is 30.9 Å². The lowest BCUT2D eigenvalue weighted by Gasteiger charge is -2.11. The standard InChI is InChI=1S/C15H22O3/c1-3-4-5-6-7-10-18-14-9-8-13(12-16)11-15(14)17-2/h3,8-9,11,16H,1,4-7,10,12H2,2H3. The van der Waals surface area contributed by atoms with Crippen molar-refractivity contribution in [3.63, 3.8) is 0 Å². The molecule has 0 bridgehead atoms. The first kappa shape index (κ1) is 14.6. The molecule has 0 heterocycles. The lowest BCUT2D eigenvalue weighted by molar-refractivity contribution is 0.275. The van der Waals surface area contributed by atoms with Gasteiger partial charge in [0.05, 0.1) is 20.3 Å². The number of rotatable bonds is 9. The molecular formula is C15H22O3. The van der Waals surface area contributed by atoms with Crippen LogP contribution in [0.2, 0.25) is 0 Å². The molecule has 100 valence electrons. The van der Waals surface area contributed by atoms with Gasteiger partial charge in [0.25, 0.3) is 0 Å². The Labute approximate surface area is 109 Å². The van der Waals surface area contributed by atoms with E-state index in [1.165, 1.54) is 0 Å². The number of aliphatic hydroxyl groups is 1. The number of hydrogen-bond acceptors (Lipinski definition) is 3. The predicted octanol–water partition coefficient (Wildman–Crippen LogP) is 3.31. The molecule has 0 atom stereocenters. The highest BCUT2D eigenvalue weighted by Gasteiger charge is 2.05. The Hall–Kier alpha value is -1.48. The minimum atomic E-state index is 0.0121. The van der Waals surface area contributed by atoms with Crippen LogP contribution in [0.5, 0.6) is 11.5 Å². The quantitative estimate of drug-likeness (QED) is 0.540. The zero-order valence-electron chi connectivity index (χ0n) is 11.0. The molecule has 18 heavy (non-hydrogen) atoms. The summed E-state index contributed by atoms with van der Waals surface area (Å²) in [6.45, 7) is 4.40. The third kappa shape index (κ3) is 4.80. The Morgan fingerprint density at radius 2 is 2.06 bits per heavy atom. The summed E-state index contributed by atoms with van der Waals surface area (Å²) in [5.41, 5.74) is 0.824. The first-order valence-corrected chi connectivity index (χ1v) is 6.33. The molecule has 0 aliphatic heterocycles. The summed E-state index contributed by atoms with van der Waals surface area (Å²) < 4.78 is 10.9. The van der Waals surface area contributed by atoms with Gasteiger partial charge >= 0.3 is 0 Å². The van der Waals surface area contributed by atoms with Gasteiger partial charge in [0.1, 0.15) is 0 Å². The van der Waals surface area contributed by atoms with E-state index in [2.05, 4.69) is 6.58 Å². The van der Waals surface area contributed by atoms with E-state index in [-0.39, 0.29) is 6.61 Å². The Bertz CT molecular complexity index is 361. The highest BCUT2D eigenvalue weighted by molar-refractivity contribution is 5.42. The van der Waals surface area contributed by atoms with Crippen molar-refractivity contribution in [1.82, 2.24) is 0 Å². The third-order valence-corrected chi connectivity index (χ3v) is 2.72. The molecule has 1 N–H and O–H groups in total. The molecule has 0 radical (unpaired) electrons. The fourth-order valence-corrected chi connectivity index (χ4v) is 1.68. The van der Waals surface area contributed by atoms with E-state index >= 15 is 0 Å². The molecule has 0 aliphatic carbocycles. The lowest BCUT2D eigenvalue weighted by Crippen LogP contribution is -2.00. The van der Waals surface area contributed by atoms with Gasteiger partial charge in [-0.3, -0.25) is 0 Å². The van der Waals surface area contributed by atoms with Gasteiger partial charge in [0, 0.05) is 0 Å². The highest BCUT2D eigenvalue weighted by atomic mass is 16.5. The second kappa shape index (κ2) is 8.59. The summed E-state index contributed by atoms with van der Waals surface area (Å²) in [5.74, 6) is 1.41. The molecule has 1 aromatic carbocycles. The summed E-state index contributed by atoms with van der Waals surface area (Å²) in [7, 11) is 1.60. The van der Waals surface area contributed by atoms with E-state index in [1.807, 2.05) is 18.2 Å². The molecule has 0 unspecified atom stereocenters. The van der Waals surface area contributed by atoms with Crippen LogP contribution in [0.4, 0.5) is 0 Å². The largest absolute Gasteiger partial charge is 0.493 e. The molecule has 0 aromatic heterocycles. The van der Waals surface area contributed by atoms with E-state index in [4.69, 9.17) is 14.6 Å². The van der Waals surface area contributed by atoms with Gasteiger partial charge in [0.2, 0.25) is 0 Å². The van der Waals surface area contributed by atoms with E-state index in [1.54, 1.807) is 13.2 Å². The second-order valence-corrected chi connectivity index (χ2v) is 4.13. The van der Waals surface area contributed by atoms with Crippen LogP contribution < -0.4 is 9.47 Å². The van der Waals surface area contributed by atoms with Crippen LogP contribution in [-0.4, -0.2) is 18.8 Å². The van der Waals surface area contributed by atoms with Gasteiger partial charge in [-0.15, -0.1) is 6.58 Å². The summed E-state index contributed by atoms with van der Waals surface area (Å²) in [5, 5.41) is 9.04. The molecule has 0 saturated carbocycles. The number of hydrogen-bond donors (Lipinski definition) is 1. The van der Waals surface area contributed by atoms with Gasteiger partial charge in [-0.05, 0) is 43.4 Å². The fourth-order valence-electron chi connectivity index (χ4n) is 1.68. The highest BCUT2D eigenvalue weighted by Crippen LogP contribution is 2.28. The molecular weight excluding hydrogens is 228 g/mol. The third-order valence-electron chi connectivity index (χ3n) is 2.72. The SMILES string of the molecule is C=CCCCCCOc1ccc(CO)cc1OC. The Morgan fingerprint density at radius 3 is 2.72 bits per heavy atom. The molecule has 3 heteroatoms. The van der Waals surface area contributed by atoms with Gasteiger partial charge in [0.15, 0.2) is 11.5 Å². The normalized spacial score (nSPS) is 10.1. The molecule has 1 rings (SSSR count). The average molecular weight is 250 g/mol. The van der Waals surface area contributed by atoms with Gasteiger partial charge in [-0.2, -0.15) is 0 Å². The lowest BCUT2D eigenvalue weighted by atomic mass is 10.2. The van der Waals surface area contributed by atoms with Crippen LogP contribution >= 0.6 is 0 Å². The maximum atomic E-state index is 9.04. The summed E-state index contributed by atoms with van der Waals surface area (Å²) >= 11 is 0. The fraction of sp³-hybridized carbons (Fsp3) is 0.467. The average Bonchev–Trinajstić information content (AvgIpc) is 2.42. The molecule has 3 nitrogen and oxygen atoms in total. The zero-order valence-corrected chi connectivity index (χ0v) is 11.0. The minimum Gasteiger partial charge on any atom is -0.493 e. The molecule has 0 amide bonds. The predicted molar refractivity (Wildman–Crippen MR) is 73.1 cm³/mol. The van der Waals surface area contributed by atoms with Crippen molar-refractivity contribution in [3.8, 4) is 11.5 Å². The molecule has 0 aliphatic rings. The first-order valence-electron chi connectivity index (χ1n) is 6.33. The summed E-state index contributed by atoms with van der Waals surface area (Å²) in [4.78, 5) is 0. The smallest absolute Gasteiger partial charge is 0.161 e. The molecule has 0 fully saturated rings. The van der Waals surface area contributed by atoms with Crippen molar-refractivity contribution in [2.75, 3.05) is 13.7 Å². The Morgan fingerprint density at radius 1 is 1.22 bits per heavy atom.